The van der Waals surface area contributed by atoms with Crippen molar-refractivity contribution in [3.63, 3.8) is 0 Å². The predicted molar refractivity (Wildman–Crippen MR) is 55.7 cm³/mol. The van der Waals surface area contributed by atoms with Gasteiger partial charge < -0.3 is 0 Å². The molecule has 0 aromatic heterocycles. The molecule has 1 aromatic carbocycles. The average molecular weight is 233 g/mol. The number of hydrogen-bond donors (Lipinski definition) is 0. The van der Waals surface area contributed by atoms with Crippen molar-refractivity contribution in [2.45, 2.75) is 5.25 Å². The number of halogens is 3. The Morgan fingerprint density at radius 1 is 1.29 bits per heavy atom. The van der Waals surface area contributed by atoms with Crippen molar-refractivity contribution < 1.29 is 8.78 Å². The summed E-state index contributed by atoms with van der Waals surface area (Å²) in [6.45, 7) is 0. The van der Waals surface area contributed by atoms with Crippen LogP contribution in [-0.2, 0) is 0 Å². The van der Waals surface area contributed by atoms with Crippen molar-refractivity contribution in [2.24, 2.45) is 0 Å². The molecule has 0 spiro atoms. The van der Waals surface area contributed by atoms with Crippen LogP contribution in [0, 0.1) is 11.6 Å². The van der Waals surface area contributed by atoms with Crippen LogP contribution in [0.5, 0.6) is 0 Å². The van der Waals surface area contributed by atoms with Crippen molar-refractivity contribution in [1.29, 1.82) is 0 Å². The van der Waals surface area contributed by atoms with Gasteiger partial charge in [0.1, 0.15) is 11.6 Å². The molecule has 74 valence electrons. The molecule has 0 nitrogen and oxygen atoms in total. The van der Waals surface area contributed by atoms with Crippen molar-refractivity contribution in [2.75, 3.05) is 5.75 Å². The Labute approximate surface area is 90.0 Å². The lowest BCUT2D eigenvalue weighted by molar-refractivity contribution is 0.589. The van der Waals surface area contributed by atoms with Crippen LogP contribution in [0.1, 0.15) is 10.8 Å². The molecule has 1 aliphatic heterocycles. The Morgan fingerprint density at radius 2 is 2.07 bits per heavy atom. The minimum Gasteiger partial charge on any atom is -0.207 e. The molecule has 0 radical (unpaired) electrons. The third-order valence-electron chi connectivity index (χ3n) is 2.03. The maximum atomic E-state index is 13.4. The molecule has 0 saturated heterocycles. The van der Waals surface area contributed by atoms with Crippen LogP contribution >= 0.6 is 23.4 Å². The molecular formula is C10H7ClF2S. The van der Waals surface area contributed by atoms with Gasteiger partial charge in [0.15, 0.2) is 0 Å². The molecular weight excluding hydrogens is 226 g/mol. The second-order valence-corrected chi connectivity index (χ2v) is 4.55. The highest BCUT2D eigenvalue weighted by Gasteiger charge is 2.18. The van der Waals surface area contributed by atoms with Crippen molar-refractivity contribution in [3.05, 3.63) is 46.5 Å². The lowest BCUT2D eigenvalue weighted by Gasteiger charge is -2.09. The number of hydrogen-bond acceptors (Lipinski definition) is 1. The van der Waals surface area contributed by atoms with Crippen LogP contribution in [0.15, 0.2) is 24.3 Å². The zero-order chi connectivity index (χ0) is 10.1. The second kappa shape index (κ2) is 3.91. The Bertz CT molecular complexity index is 390. The summed E-state index contributed by atoms with van der Waals surface area (Å²) in [6, 6.07) is 2.20. The fourth-order valence-corrected chi connectivity index (χ4v) is 2.51. The molecule has 0 bridgehead atoms. The highest BCUT2D eigenvalue weighted by atomic mass is 35.5. The molecule has 1 heterocycles. The fourth-order valence-electron chi connectivity index (χ4n) is 1.34. The topological polar surface area (TPSA) is 0 Å². The lowest BCUT2D eigenvalue weighted by atomic mass is 10.1. The first kappa shape index (κ1) is 9.99. The van der Waals surface area contributed by atoms with Gasteiger partial charge in [-0.05, 0) is 12.1 Å². The van der Waals surface area contributed by atoms with Crippen LogP contribution in [0.4, 0.5) is 8.78 Å². The summed E-state index contributed by atoms with van der Waals surface area (Å²) in [6.07, 6.45) is 3.82. The van der Waals surface area contributed by atoms with E-state index < -0.39 is 11.6 Å². The highest BCUT2D eigenvalue weighted by molar-refractivity contribution is 8.00. The van der Waals surface area contributed by atoms with E-state index in [1.165, 1.54) is 6.07 Å². The molecule has 1 aliphatic rings. The average Bonchev–Trinajstić information content (AvgIpc) is 2.64. The zero-order valence-electron chi connectivity index (χ0n) is 7.14. The third kappa shape index (κ3) is 1.79. The maximum absolute atomic E-state index is 13.4. The summed E-state index contributed by atoms with van der Waals surface area (Å²) in [5.41, 5.74) is 0.366. The summed E-state index contributed by atoms with van der Waals surface area (Å²) in [7, 11) is 0. The van der Waals surface area contributed by atoms with Gasteiger partial charge in [-0.3, -0.25) is 0 Å². The van der Waals surface area contributed by atoms with E-state index in [2.05, 4.69) is 0 Å². The second-order valence-electron chi connectivity index (χ2n) is 2.97. The molecule has 0 fully saturated rings. The molecule has 2 rings (SSSR count). The molecule has 4 heteroatoms. The Balaban J connectivity index is 2.42. The van der Waals surface area contributed by atoms with E-state index in [0.29, 0.717) is 5.56 Å². The fraction of sp³-hybridized carbons (Fsp3) is 0.200. The first-order chi connectivity index (χ1) is 6.68. The molecule has 14 heavy (non-hydrogen) atoms. The van der Waals surface area contributed by atoms with Gasteiger partial charge in [-0.25, -0.2) is 8.78 Å². The highest BCUT2D eigenvalue weighted by Crippen LogP contribution is 2.37. The Kier molecular flexibility index (Phi) is 2.79. The zero-order valence-corrected chi connectivity index (χ0v) is 8.71. The van der Waals surface area contributed by atoms with E-state index in [-0.39, 0.29) is 10.3 Å². The van der Waals surface area contributed by atoms with Gasteiger partial charge in [0.25, 0.3) is 0 Å². The number of thioether (sulfide) groups is 1. The lowest BCUT2D eigenvalue weighted by Crippen LogP contribution is -1.94. The van der Waals surface area contributed by atoms with Gasteiger partial charge in [-0.15, -0.1) is 11.8 Å². The molecule has 0 N–H and O–H groups in total. The van der Waals surface area contributed by atoms with Crippen molar-refractivity contribution in [3.8, 4) is 0 Å². The van der Waals surface area contributed by atoms with Gasteiger partial charge in [0, 0.05) is 11.3 Å². The van der Waals surface area contributed by atoms with Gasteiger partial charge in [0.05, 0.1) is 10.3 Å². The summed E-state index contributed by atoms with van der Waals surface area (Å²) < 4.78 is 26.5. The van der Waals surface area contributed by atoms with Crippen LogP contribution in [0.3, 0.4) is 0 Å². The van der Waals surface area contributed by atoms with Crippen molar-refractivity contribution >= 4 is 23.4 Å². The van der Waals surface area contributed by atoms with Crippen LogP contribution in [-0.4, -0.2) is 5.75 Å². The predicted octanol–water partition coefficient (Wildman–Crippen LogP) is 3.96. The van der Waals surface area contributed by atoms with E-state index in [9.17, 15) is 8.78 Å². The van der Waals surface area contributed by atoms with Crippen LogP contribution < -0.4 is 0 Å². The van der Waals surface area contributed by atoms with Gasteiger partial charge in [-0.2, -0.15) is 0 Å². The SMILES string of the molecule is Fc1cc(C2C=CCS2)c(F)cc1Cl. The first-order valence-corrected chi connectivity index (χ1v) is 5.54. The quantitative estimate of drug-likeness (QED) is 0.522. The standard InChI is InChI=1S/C10H7ClF2S/c11-7-5-8(12)6(4-9(7)13)10-2-1-3-14-10/h1-2,4-5,10H,3H2. The van der Waals surface area contributed by atoms with Crippen LogP contribution in [0.2, 0.25) is 5.02 Å². The summed E-state index contributed by atoms with van der Waals surface area (Å²) in [4.78, 5) is 0. The molecule has 1 atom stereocenters. The normalized spacial score (nSPS) is 20.4. The summed E-state index contributed by atoms with van der Waals surface area (Å²) in [5, 5.41) is -0.250. The molecule has 0 amide bonds. The van der Waals surface area contributed by atoms with Gasteiger partial charge >= 0.3 is 0 Å². The minimum atomic E-state index is -0.566. The Hall–Kier alpha value is -0.540. The molecule has 0 saturated carbocycles. The van der Waals surface area contributed by atoms with Gasteiger partial charge in [0.2, 0.25) is 0 Å². The summed E-state index contributed by atoms with van der Waals surface area (Å²) >= 11 is 7.02. The monoisotopic (exact) mass is 232 g/mol. The number of benzene rings is 1. The largest absolute Gasteiger partial charge is 0.207 e. The third-order valence-corrected chi connectivity index (χ3v) is 3.47. The maximum Gasteiger partial charge on any atom is 0.142 e. The molecule has 1 aromatic rings. The van der Waals surface area contributed by atoms with Gasteiger partial charge in [-0.1, -0.05) is 23.8 Å². The van der Waals surface area contributed by atoms with Crippen LogP contribution in [0.25, 0.3) is 0 Å². The van der Waals surface area contributed by atoms with E-state index >= 15 is 0 Å². The smallest absolute Gasteiger partial charge is 0.142 e. The van der Waals surface area contributed by atoms with E-state index in [1.54, 1.807) is 11.8 Å². The first-order valence-electron chi connectivity index (χ1n) is 4.11. The van der Waals surface area contributed by atoms with Crippen molar-refractivity contribution in [1.82, 2.24) is 0 Å². The van der Waals surface area contributed by atoms with E-state index in [4.69, 9.17) is 11.6 Å². The minimum absolute atomic E-state index is 0.0817. The molecule has 1 unspecified atom stereocenters. The van der Waals surface area contributed by atoms with E-state index in [0.717, 1.165) is 11.8 Å². The Morgan fingerprint density at radius 3 is 2.71 bits per heavy atom. The number of rotatable bonds is 1. The summed E-state index contributed by atoms with van der Waals surface area (Å²) in [5.74, 6) is -0.168. The molecule has 0 aliphatic carbocycles. The van der Waals surface area contributed by atoms with E-state index in [1.807, 2.05) is 12.2 Å².